The first kappa shape index (κ1) is 14.0. The molecule has 0 fully saturated rings. The fourth-order valence-electron chi connectivity index (χ4n) is 2.38. The molecule has 0 aliphatic carbocycles. The lowest BCUT2D eigenvalue weighted by atomic mass is 10.0. The van der Waals surface area contributed by atoms with Gasteiger partial charge in [-0.2, -0.15) is 0 Å². The van der Waals surface area contributed by atoms with E-state index in [4.69, 9.17) is 10.7 Å². The number of aromatic nitrogens is 1. The summed E-state index contributed by atoms with van der Waals surface area (Å²) < 4.78 is 0. The molecule has 1 unspecified atom stereocenters. The minimum absolute atomic E-state index is 0.00183. The Kier molecular flexibility index (Phi) is 4.13. The van der Waals surface area contributed by atoms with E-state index < -0.39 is 0 Å². The van der Waals surface area contributed by atoms with Gasteiger partial charge in [0.05, 0.1) is 5.69 Å². The molecule has 0 aliphatic heterocycles. The van der Waals surface area contributed by atoms with Gasteiger partial charge in [0.25, 0.3) is 0 Å². The van der Waals surface area contributed by atoms with E-state index in [0.29, 0.717) is 0 Å². The molecule has 3 rings (SSSR count). The maximum atomic E-state index is 6.27. The lowest BCUT2D eigenvalue weighted by Crippen LogP contribution is -2.13. The van der Waals surface area contributed by atoms with E-state index in [0.717, 1.165) is 22.7 Å². The van der Waals surface area contributed by atoms with Crippen molar-refractivity contribution in [3.05, 3.63) is 76.8 Å². The third-order valence-corrected chi connectivity index (χ3v) is 4.51. The molecule has 2 N–H and O–H groups in total. The minimum Gasteiger partial charge on any atom is -0.324 e. The lowest BCUT2D eigenvalue weighted by Gasteiger charge is -2.09. The molecule has 106 valence electrons. The zero-order chi connectivity index (χ0) is 14.7. The van der Waals surface area contributed by atoms with Crippen LogP contribution in [0.25, 0.3) is 10.6 Å². The normalized spacial score (nSPS) is 12.3. The fraction of sp³-hybridized carbons (Fsp3) is 0.167. The molecule has 3 aromatic rings. The van der Waals surface area contributed by atoms with E-state index in [1.807, 2.05) is 18.2 Å². The van der Waals surface area contributed by atoms with Crippen molar-refractivity contribution >= 4 is 11.3 Å². The van der Waals surface area contributed by atoms with Gasteiger partial charge in [0.1, 0.15) is 5.01 Å². The average Bonchev–Trinajstić information content (AvgIpc) is 2.97. The first-order valence-corrected chi connectivity index (χ1v) is 7.93. The zero-order valence-electron chi connectivity index (χ0n) is 12.0. The molecule has 2 nitrogen and oxygen atoms in total. The highest BCUT2D eigenvalue weighted by Gasteiger charge is 2.11. The number of aryl methyl sites for hydroxylation is 1. The highest BCUT2D eigenvalue weighted by Crippen LogP contribution is 2.27. The average molecular weight is 294 g/mol. The van der Waals surface area contributed by atoms with Crippen molar-refractivity contribution in [2.24, 2.45) is 5.73 Å². The molecule has 0 amide bonds. The van der Waals surface area contributed by atoms with Crippen LogP contribution in [0, 0.1) is 6.92 Å². The van der Waals surface area contributed by atoms with Gasteiger partial charge in [0.2, 0.25) is 0 Å². The molecular weight excluding hydrogens is 276 g/mol. The number of rotatable bonds is 4. The van der Waals surface area contributed by atoms with Gasteiger partial charge in [-0.1, -0.05) is 54.6 Å². The van der Waals surface area contributed by atoms with Gasteiger partial charge < -0.3 is 5.73 Å². The Morgan fingerprint density at radius 1 is 1.05 bits per heavy atom. The van der Waals surface area contributed by atoms with Crippen LogP contribution < -0.4 is 5.73 Å². The number of hydrogen-bond acceptors (Lipinski definition) is 3. The molecular formula is C18H18N2S. The summed E-state index contributed by atoms with van der Waals surface area (Å²) >= 11 is 1.69. The summed E-state index contributed by atoms with van der Waals surface area (Å²) in [5, 5.41) is 3.19. The summed E-state index contributed by atoms with van der Waals surface area (Å²) in [6.45, 7) is 2.12. The second-order valence-electron chi connectivity index (χ2n) is 5.18. The predicted octanol–water partition coefficient (Wildman–Crippen LogP) is 4.36. The van der Waals surface area contributed by atoms with Crippen LogP contribution in [-0.4, -0.2) is 4.98 Å². The summed E-state index contributed by atoms with van der Waals surface area (Å²) in [6, 6.07) is 18.5. The first-order chi connectivity index (χ1) is 10.2. The van der Waals surface area contributed by atoms with Crippen LogP contribution in [0.2, 0.25) is 0 Å². The zero-order valence-corrected chi connectivity index (χ0v) is 12.8. The van der Waals surface area contributed by atoms with Crippen molar-refractivity contribution in [3.8, 4) is 10.6 Å². The van der Waals surface area contributed by atoms with Crippen LogP contribution in [0.1, 0.15) is 22.9 Å². The molecule has 0 bridgehead atoms. The third-order valence-electron chi connectivity index (χ3n) is 3.58. The summed E-state index contributed by atoms with van der Waals surface area (Å²) in [5.74, 6) is 0. The van der Waals surface area contributed by atoms with Gasteiger partial charge in [0, 0.05) is 23.4 Å². The molecule has 0 radical (unpaired) electrons. The lowest BCUT2D eigenvalue weighted by molar-refractivity contribution is 0.710. The molecule has 1 heterocycles. The van der Waals surface area contributed by atoms with Crippen molar-refractivity contribution < 1.29 is 0 Å². The maximum absolute atomic E-state index is 6.27. The topological polar surface area (TPSA) is 38.9 Å². The molecule has 1 aromatic heterocycles. The van der Waals surface area contributed by atoms with Crippen LogP contribution >= 0.6 is 11.3 Å². The smallest absolute Gasteiger partial charge is 0.123 e. The first-order valence-electron chi connectivity index (χ1n) is 7.05. The maximum Gasteiger partial charge on any atom is 0.123 e. The van der Waals surface area contributed by atoms with Gasteiger partial charge in [-0.15, -0.1) is 11.3 Å². The number of nitrogens with zero attached hydrogens (tertiary/aromatic N) is 1. The molecule has 0 saturated carbocycles. The molecule has 0 aliphatic rings. The third kappa shape index (κ3) is 3.20. The Morgan fingerprint density at radius 2 is 1.76 bits per heavy atom. The summed E-state index contributed by atoms with van der Waals surface area (Å²) in [6.07, 6.45) is 0.770. The van der Waals surface area contributed by atoms with Gasteiger partial charge in [0.15, 0.2) is 0 Å². The number of nitrogens with two attached hydrogens (primary N) is 1. The SMILES string of the molecule is Cc1ccccc1-c1nc(CC(N)c2ccccc2)cs1. The van der Waals surface area contributed by atoms with E-state index >= 15 is 0 Å². The van der Waals surface area contributed by atoms with Gasteiger partial charge >= 0.3 is 0 Å². The number of benzene rings is 2. The quantitative estimate of drug-likeness (QED) is 0.776. The Labute approximate surface area is 129 Å². The molecule has 3 heteroatoms. The minimum atomic E-state index is -0.00183. The number of thiazole rings is 1. The van der Waals surface area contributed by atoms with Gasteiger partial charge in [-0.3, -0.25) is 0 Å². The molecule has 0 saturated heterocycles. The van der Waals surface area contributed by atoms with Crippen LogP contribution in [-0.2, 0) is 6.42 Å². The second kappa shape index (κ2) is 6.20. The Hall–Kier alpha value is -1.97. The van der Waals surface area contributed by atoms with E-state index in [9.17, 15) is 0 Å². The van der Waals surface area contributed by atoms with Crippen LogP contribution in [0.4, 0.5) is 0 Å². The summed E-state index contributed by atoms with van der Waals surface area (Å²) in [4.78, 5) is 4.75. The summed E-state index contributed by atoms with van der Waals surface area (Å²) in [5.41, 5.74) is 11.0. The highest BCUT2D eigenvalue weighted by atomic mass is 32.1. The Bertz CT molecular complexity index is 719. The predicted molar refractivity (Wildman–Crippen MR) is 89.4 cm³/mol. The van der Waals surface area contributed by atoms with E-state index in [1.165, 1.54) is 11.1 Å². The van der Waals surface area contributed by atoms with Crippen molar-refractivity contribution in [2.75, 3.05) is 0 Å². The van der Waals surface area contributed by atoms with Gasteiger partial charge in [-0.05, 0) is 18.1 Å². The van der Waals surface area contributed by atoms with Crippen LogP contribution in [0.5, 0.6) is 0 Å². The van der Waals surface area contributed by atoms with E-state index in [-0.39, 0.29) is 6.04 Å². The second-order valence-corrected chi connectivity index (χ2v) is 6.04. The molecule has 1 atom stereocenters. The van der Waals surface area contributed by atoms with Crippen molar-refractivity contribution in [1.82, 2.24) is 4.98 Å². The number of hydrogen-bond donors (Lipinski definition) is 1. The van der Waals surface area contributed by atoms with Crippen LogP contribution in [0.15, 0.2) is 60.0 Å². The monoisotopic (exact) mass is 294 g/mol. The molecule has 2 aromatic carbocycles. The standard InChI is InChI=1S/C18H18N2S/c1-13-7-5-6-10-16(13)18-20-15(12-21-18)11-17(19)14-8-3-2-4-9-14/h2-10,12,17H,11,19H2,1H3. The highest BCUT2D eigenvalue weighted by molar-refractivity contribution is 7.13. The van der Waals surface area contributed by atoms with Crippen molar-refractivity contribution in [2.45, 2.75) is 19.4 Å². The van der Waals surface area contributed by atoms with E-state index in [1.54, 1.807) is 11.3 Å². The van der Waals surface area contributed by atoms with Crippen LogP contribution in [0.3, 0.4) is 0 Å². The Morgan fingerprint density at radius 3 is 2.52 bits per heavy atom. The Balaban J connectivity index is 1.78. The van der Waals surface area contributed by atoms with Crippen molar-refractivity contribution in [1.29, 1.82) is 0 Å². The van der Waals surface area contributed by atoms with E-state index in [2.05, 4.69) is 48.7 Å². The summed E-state index contributed by atoms with van der Waals surface area (Å²) in [7, 11) is 0. The van der Waals surface area contributed by atoms with Crippen molar-refractivity contribution in [3.63, 3.8) is 0 Å². The van der Waals surface area contributed by atoms with Gasteiger partial charge in [-0.25, -0.2) is 4.98 Å². The largest absolute Gasteiger partial charge is 0.324 e. The molecule has 0 spiro atoms. The molecule has 21 heavy (non-hydrogen) atoms. The fourth-order valence-corrected chi connectivity index (χ4v) is 3.30.